The molecular weight excluding hydrogens is 271 g/mol. The first-order valence-electron chi connectivity index (χ1n) is 5.17. The standard InChI is InChI=1S/C13H6ClFN2O2/c14-12-3-1-2-11(13(12)15)10-5-4-9(17(18)19)6-8(10)7-16/h1-6H. The minimum absolute atomic E-state index is 0.0235. The molecular formula is C13H6ClFN2O2. The molecule has 0 heterocycles. The molecule has 2 aromatic rings. The number of hydrogen-bond donors (Lipinski definition) is 0. The molecule has 0 bridgehead atoms. The lowest BCUT2D eigenvalue weighted by atomic mass is 9.99. The summed E-state index contributed by atoms with van der Waals surface area (Å²) < 4.78 is 13.9. The smallest absolute Gasteiger partial charge is 0.258 e. The SMILES string of the molecule is N#Cc1cc([N+](=O)[O-])ccc1-c1cccc(Cl)c1F. The van der Waals surface area contributed by atoms with Crippen molar-refractivity contribution >= 4 is 17.3 Å². The second kappa shape index (κ2) is 5.04. The van der Waals surface area contributed by atoms with Crippen molar-refractivity contribution in [2.24, 2.45) is 0 Å². The van der Waals surface area contributed by atoms with E-state index in [0.29, 0.717) is 0 Å². The van der Waals surface area contributed by atoms with Crippen LogP contribution in [0.5, 0.6) is 0 Å². The van der Waals surface area contributed by atoms with Crippen molar-refractivity contribution in [3.8, 4) is 17.2 Å². The quantitative estimate of drug-likeness (QED) is 0.616. The van der Waals surface area contributed by atoms with Crippen molar-refractivity contribution in [2.75, 3.05) is 0 Å². The molecule has 6 heteroatoms. The van der Waals surface area contributed by atoms with Gasteiger partial charge in [-0.25, -0.2) is 4.39 Å². The van der Waals surface area contributed by atoms with E-state index < -0.39 is 10.7 Å². The zero-order chi connectivity index (χ0) is 14.0. The Labute approximate surface area is 112 Å². The fourth-order valence-corrected chi connectivity index (χ4v) is 1.86. The topological polar surface area (TPSA) is 66.9 Å². The molecule has 0 aliphatic carbocycles. The fourth-order valence-electron chi connectivity index (χ4n) is 1.68. The van der Waals surface area contributed by atoms with E-state index in [1.54, 1.807) is 6.07 Å². The Morgan fingerprint density at radius 3 is 2.63 bits per heavy atom. The third-order valence-electron chi connectivity index (χ3n) is 2.58. The molecule has 0 radical (unpaired) electrons. The summed E-state index contributed by atoms with van der Waals surface area (Å²) in [6.07, 6.45) is 0. The predicted molar refractivity (Wildman–Crippen MR) is 68.2 cm³/mol. The highest BCUT2D eigenvalue weighted by atomic mass is 35.5. The van der Waals surface area contributed by atoms with Crippen LogP contribution in [-0.4, -0.2) is 4.92 Å². The molecule has 0 saturated heterocycles. The van der Waals surface area contributed by atoms with Crippen molar-refractivity contribution in [1.29, 1.82) is 5.26 Å². The molecule has 2 aromatic carbocycles. The van der Waals surface area contributed by atoms with E-state index >= 15 is 0 Å². The fraction of sp³-hybridized carbons (Fsp3) is 0. The summed E-state index contributed by atoms with van der Waals surface area (Å²) in [6, 6.07) is 9.88. The van der Waals surface area contributed by atoms with E-state index in [9.17, 15) is 14.5 Å². The third-order valence-corrected chi connectivity index (χ3v) is 2.87. The number of nitriles is 1. The summed E-state index contributed by atoms with van der Waals surface area (Å²) in [5.41, 5.74) is 0.213. The predicted octanol–water partition coefficient (Wildman–Crippen LogP) is 3.93. The maximum atomic E-state index is 13.9. The number of hydrogen-bond acceptors (Lipinski definition) is 3. The van der Waals surface area contributed by atoms with Gasteiger partial charge in [-0.15, -0.1) is 0 Å². The Bertz CT molecular complexity index is 710. The summed E-state index contributed by atoms with van der Waals surface area (Å²) in [5, 5.41) is 19.6. The lowest BCUT2D eigenvalue weighted by molar-refractivity contribution is -0.384. The minimum Gasteiger partial charge on any atom is -0.258 e. The van der Waals surface area contributed by atoms with Crippen LogP contribution in [0.2, 0.25) is 5.02 Å². The molecule has 0 spiro atoms. The molecule has 0 aliphatic rings. The maximum absolute atomic E-state index is 13.9. The van der Waals surface area contributed by atoms with Gasteiger partial charge in [0, 0.05) is 23.3 Å². The summed E-state index contributed by atoms with van der Waals surface area (Å²) in [6.45, 7) is 0. The van der Waals surface area contributed by atoms with Crippen LogP contribution < -0.4 is 0 Å². The first-order valence-corrected chi connectivity index (χ1v) is 5.55. The molecule has 4 nitrogen and oxygen atoms in total. The Balaban J connectivity index is 2.67. The first-order chi connectivity index (χ1) is 9.04. The average molecular weight is 277 g/mol. The van der Waals surface area contributed by atoms with Gasteiger partial charge in [0.2, 0.25) is 0 Å². The molecule has 0 saturated carbocycles. The van der Waals surface area contributed by atoms with Crippen LogP contribution in [0, 0.1) is 27.3 Å². The van der Waals surface area contributed by atoms with E-state index in [2.05, 4.69) is 0 Å². The Morgan fingerprint density at radius 1 is 1.26 bits per heavy atom. The number of nitro groups is 1. The van der Waals surface area contributed by atoms with Gasteiger partial charge in [0.05, 0.1) is 15.5 Å². The number of nitro benzene ring substituents is 1. The number of halogens is 2. The summed E-state index contributed by atoms with van der Waals surface area (Å²) >= 11 is 5.67. The van der Waals surface area contributed by atoms with Gasteiger partial charge in [0.25, 0.3) is 5.69 Å². The van der Waals surface area contributed by atoms with Gasteiger partial charge in [-0.1, -0.05) is 23.7 Å². The zero-order valence-corrected chi connectivity index (χ0v) is 10.2. The number of nitrogens with zero attached hydrogens (tertiary/aromatic N) is 2. The molecule has 0 fully saturated rings. The van der Waals surface area contributed by atoms with Gasteiger partial charge in [-0.05, 0) is 12.1 Å². The molecule has 0 aromatic heterocycles. The van der Waals surface area contributed by atoms with Crippen molar-refractivity contribution < 1.29 is 9.31 Å². The van der Waals surface area contributed by atoms with Crippen molar-refractivity contribution in [2.45, 2.75) is 0 Å². The molecule has 0 atom stereocenters. The second-order valence-electron chi connectivity index (χ2n) is 3.70. The van der Waals surface area contributed by atoms with Gasteiger partial charge in [-0.3, -0.25) is 10.1 Å². The van der Waals surface area contributed by atoms with Crippen LogP contribution in [-0.2, 0) is 0 Å². The lowest BCUT2D eigenvalue weighted by Crippen LogP contribution is -1.93. The number of benzene rings is 2. The molecule has 19 heavy (non-hydrogen) atoms. The second-order valence-corrected chi connectivity index (χ2v) is 4.11. The minimum atomic E-state index is -0.658. The van der Waals surface area contributed by atoms with Crippen LogP contribution in [0.15, 0.2) is 36.4 Å². The van der Waals surface area contributed by atoms with Crippen molar-refractivity contribution in [3.63, 3.8) is 0 Å². The molecule has 94 valence electrons. The van der Waals surface area contributed by atoms with E-state index in [1.807, 2.05) is 6.07 Å². The normalized spacial score (nSPS) is 9.95. The van der Waals surface area contributed by atoms with Gasteiger partial charge in [-0.2, -0.15) is 5.26 Å². The van der Waals surface area contributed by atoms with E-state index in [1.165, 1.54) is 24.3 Å². The van der Waals surface area contributed by atoms with Crippen LogP contribution in [0.3, 0.4) is 0 Å². The van der Waals surface area contributed by atoms with Gasteiger partial charge >= 0.3 is 0 Å². The Kier molecular flexibility index (Phi) is 3.45. The van der Waals surface area contributed by atoms with E-state index in [0.717, 1.165) is 6.07 Å². The molecule has 0 aliphatic heterocycles. The number of non-ortho nitro benzene ring substituents is 1. The van der Waals surface area contributed by atoms with E-state index in [-0.39, 0.29) is 27.4 Å². The Morgan fingerprint density at radius 2 is 2.00 bits per heavy atom. The zero-order valence-electron chi connectivity index (χ0n) is 9.43. The monoisotopic (exact) mass is 276 g/mol. The van der Waals surface area contributed by atoms with Gasteiger partial charge < -0.3 is 0 Å². The van der Waals surface area contributed by atoms with Crippen LogP contribution in [0.25, 0.3) is 11.1 Å². The third kappa shape index (κ3) is 2.39. The number of rotatable bonds is 2. The van der Waals surface area contributed by atoms with Gasteiger partial charge in [0.1, 0.15) is 11.9 Å². The maximum Gasteiger partial charge on any atom is 0.270 e. The molecule has 2 rings (SSSR count). The van der Waals surface area contributed by atoms with Crippen LogP contribution in [0.1, 0.15) is 5.56 Å². The summed E-state index contributed by atoms with van der Waals surface area (Å²) in [4.78, 5) is 10.0. The van der Waals surface area contributed by atoms with E-state index in [4.69, 9.17) is 16.9 Å². The van der Waals surface area contributed by atoms with Crippen molar-refractivity contribution in [1.82, 2.24) is 0 Å². The Hall–Kier alpha value is -2.45. The largest absolute Gasteiger partial charge is 0.270 e. The molecule has 0 amide bonds. The highest BCUT2D eigenvalue weighted by molar-refractivity contribution is 6.31. The van der Waals surface area contributed by atoms with Crippen LogP contribution >= 0.6 is 11.6 Å². The highest BCUT2D eigenvalue weighted by Gasteiger charge is 2.15. The van der Waals surface area contributed by atoms with Gasteiger partial charge in [0.15, 0.2) is 0 Å². The first kappa shape index (κ1) is 13.0. The van der Waals surface area contributed by atoms with Crippen molar-refractivity contribution in [3.05, 3.63) is 62.9 Å². The highest BCUT2D eigenvalue weighted by Crippen LogP contribution is 2.31. The molecule has 0 N–H and O–H groups in total. The molecule has 0 unspecified atom stereocenters. The summed E-state index contributed by atoms with van der Waals surface area (Å²) in [5.74, 6) is -0.658. The summed E-state index contributed by atoms with van der Waals surface area (Å²) in [7, 11) is 0. The lowest BCUT2D eigenvalue weighted by Gasteiger charge is -2.06. The average Bonchev–Trinajstić information content (AvgIpc) is 2.41. The van der Waals surface area contributed by atoms with Crippen LogP contribution in [0.4, 0.5) is 10.1 Å².